The van der Waals surface area contributed by atoms with Crippen molar-refractivity contribution in [2.24, 2.45) is 23.5 Å². The first-order valence-electron chi connectivity index (χ1n) is 7.14. The maximum Gasteiger partial charge on any atom is 0.269 e. The molecule has 0 radical (unpaired) electrons. The third-order valence-electron chi connectivity index (χ3n) is 4.05. The molecule has 0 heterocycles. The molecule has 1 unspecified atom stereocenters. The van der Waals surface area contributed by atoms with Crippen molar-refractivity contribution in [1.29, 1.82) is 0 Å². The van der Waals surface area contributed by atoms with Crippen LogP contribution in [0.25, 0.3) is 0 Å². The van der Waals surface area contributed by atoms with Crippen molar-refractivity contribution in [2.75, 3.05) is 6.54 Å². The molecule has 4 nitrogen and oxygen atoms in total. The Morgan fingerprint density at radius 2 is 1.89 bits per heavy atom. The van der Waals surface area contributed by atoms with Crippen LogP contribution in [0.15, 0.2) is 11.9 Å². The summed E-state index contributed by atoms with van der Waals surface area (Å²) in [6, 6.07) is 0.256. The molecule has 0 aromatic carbocycles. The van der Waals surface area contributed by atoms with Gasteiger partial charge < -0.3 is 16.4 Å². The molecule has 0 aromatic heterocycles. The smallest absolute Gasteiger partial charge is 0.269 e. The van der Waals surface area contributed by atoms with Crippen LogP contribution in [-0.4, -0.2) is 18.5 Å². The van der Waals surface area contributed by atoms with Crippen molar-refractivity contribution in [3.05, 3.63) is 11.9 Å². The van der Waals surface area contributed by atoms with Gasteiger partial charge in [0.2, 0.25) is 0 Å². The Bertz CT molecular complexity index is 320. The second kappa shape index (κ2) is 5.63. The van der Waals surface area contributed by atoms with Gasteiger partial charge in [0.15, 0.2) is 0 Å². The third-order valence-corrected chi connectivity index (χ3v) is 4.05. The number of rotatable bonds is 7. The van der Waals surface area contributed by atoms with Crippen LogP contribution in [0.3, 0.4) is 0 Å². The van der Waals surface area contributed by atoms with Crippen LogP contribution in [0.1, 0.15) is 39.5 Å². The first-order chi connectivity index (χ1) is 8.67. The van der Waals surface area contributed by atoms with Crippen molar-refractivity contribution in [1.82, 2.24) is 10.6 Å². The standard InChI is InChI=1S/C14H25N3O/c1-3-16-12(8-15)14(18)17-9(2)13(10-4-5-10)11-6-7-11/h8-11,13,16H,3-7,15H2,1-2H3,(H,17,18)/b12-8-. The summed E-state index contributed by atoms with van der Waals surface area (Å²) >= 11 is 0. The second-order valence-electron chi connectivity index (χ2n) is 5.63. The zero-order valence-corrected chi connectivity index (χ0v) is 11.4. The number of likely N-dealkylation sites (N-methyl/N-ethyl adjacent to an activating group) is 1. The average molecular weight is 251 g/mol. The summed E-state index contributed by atoms with van der Waals surface area (Å²) in [5, 5.41) is 6.10. The lowest BCUT2D eigenvalue weighted by Gasteiger charge is -2.25. The molecule has 1 amide bonds. The zero-order chi connectivity index (χ0) is 13.1. The van der Waals surface area contributed by atoms with Gasteiger partial charge in [-0.1, -0.05) is 0 Å². The molecule has 0 aromatic rings. The molecule has 4 N–H and O–H groups in total. The molecule has 2 fully saturated rings. The van der Waals surface area contributed by atoms with Crippen molar-refractivity contribution in [2.45, 2.75) is 45.6 Å². The SMILES string of the molecule is CCN/C(=C\N)C(=O)NC(C)C(C1CC1)C1CC1. The Morgan fingerprint density at radius 1 is 1.33 bits per heavy atom. The summed E-state index contributed by atoms with van der Waals surface area (Å²) < 4.78 is 0. The van der Waals surface area contributed by atoms with Crippen molar-refractivity contribution < 1.29 is 4.79 Å². The number of nitrogens with one attached hydrogen (secondary N) is 2. The van der Waals surface area contributed by atoms with E-state index in [-0.39, 0.29) is 11.9 Å². The molecular weight excluding hydrogens is 226 g/mol. The van der Waals surface area contributed by atoms with E-state index in [4.69, 9.17) is 5.73 Å². The Hall–Kier alpha value is -1.19. The molecule has 0 bridgehead atoms. The highest BCUT2D eigenvalue weighted by molar-refractivity contribution is 5.92. The molecule has 2 rings (SSSR count). The van der Waals surface area contributed by atoms with Gasteiger partial charge in [0.1, 0.15) is 5.70 Å². The van der Waals surface area contributed by atoms with Crippen LogP contribution in [0, 0.1) is 17.8 Å². The normalized spacial score (nSPS) is 21.8. The van der Waals surface area contributed by atoms with E-state index in [1.807, 2.05) is 6.92 Å². The lowest BCUT2D eigenvalue weighted by atomic mass is 9.90. The van der Waals surface area contributed by atoms with Crippen molar-refractivity contribution in [3.8, 4) is 0 Å². The first-order valence-corrected chi connectivity index (χ1v) is 7.14. The van der Waals surface area contributed by atoms with Gasteiger partial charge in [-0.15, -0.1) is 0 Å². The largest absolute Gasteiger partial charge is 0.403 e. The summed E-state index contributed by atoms with van der Waals surface area (Å²) in [4.78, 5) is 12.0. The van der Waals surface area contributed by atoms with Gasteiger partial charge in [-0.3, -0.25) is 4.79 Å². The number of carbonyl (C=O) groups is 1. The predicted octanol–water partition coefficient (Wildman–Crippen LogP) is 1.34. The van der Waals surface area contributed by atoms with E-state index < -0.39 is 0 Å². The second-order valence-corrected chi connectivity index (χ2v) is 5.63. The van der Waals surface area contributed by atoms with Gasteiger partial charge in [-0.05, 0) is 57.3 Å². The van der Waals surface area contributed by atoms with Crippen LogP contribution in [0.2, 0.25) is 0 Å². The van der Waals surface area contributed by atoms with Gasteiger partial charge in [0.25, 0.3) is 5.91 Å². The van der Waals surface area contributed by atoms with Crippen molar-refractivity contribution in [3.63, 3.8) is 0 Å². The van der Waals surface area contributed by atoms with Gasteiger partial charge >= 0.3 is 0 Å². The van der Waals surface area contributed by atoms with Crippen LogP contribution in [0.5, 0.6) is 0 Å². The highest BCUT2D eigenvalue weighted by Crippen LogP contribution is 2.50. The van der Waals surface area contributed by atoms with Gasteiger partial charge in [-0.25, -0.2) is 0 Å². The Morgan fingerprint density at radius 3 is 2.28 bits per heavy atom. The molecule has 2 aliphatic rings. The fourth-order valence-corrected chi connectivity index (χ4v) is 2.95. The van der Waals surface area contributed by atoms with Crippen LogP contribution < -0.4 is 16.4 Å². The maximum absolute atomic E-state index is 12.0. The molecule has 2 saturated carbocycles. The fourth-order valence-electron chi connectivity index (χ4n) is 2.95. The molecule has 1 atom stereocenters. The van der Waals surface area contributed by atoms with Crippen LogP contribution in [-0.2, 0) is 4.79 Å². The lowest BCUT2D eigenvalue weighted by molar-refractivity contribution is -0.118. The maximum atomic E-state index is 12.0. The number of carbonyl (C=O) groups excluding carboxylic acids is 1. The quantitative estimate of drug-likeness (QED) is 0.598. The minimum atomic E-state index is -0.0712. The monoisotopic (exact) mass is 251 g/mol. The van der Waals surface area contributed by atoms with Gasteiger partial charge in [0, 0.05) is 18.8 Å². The highest BCUT2D eigenvalue weighted by atomic mass is 16.2. The predicted molar refractivity (Wildman–Crippen MR) is 72.5 cm³/mol. The van der Waals surface area contributed by atoms with Crippen LogP contribution in [0.4, 0.5) is 0 Å². The Labute approximate surface area is 109 Å². The van der Waals surface area contributed by atoms with E-state index in [2.05, 4.69) is 17.6 Å². The summed E-state index contributed by atoms with van der Waals surface area (Å²) in [5.74, 6) is 2.29. The number of hydrogen-bond donors (Lipinski definition) is 3. The van der Waals surface area contributed by atoms with Crippen LogP contribution >= 0.6 is 0 Å². The summed E-state index contributed by atoms with van der Waals surface area (Å²) in [6.45, 7) is 4.80. The third kappa shape index (κ3) is 3.18. The topological polar surface area (TPSA) is 67.1 Å². The summed E-state index contributed by atoms with van der Waals surface area (Å²) in [7, 11) is 0. The summed E-state index contributed by atoms with van der Waals surface area (Å²) in [5.41, 5.74) is 5.95. The van der Waals surface area contributed by atoms with Gasteiger partial charge in [0.05, 0.1) is 0 Å². The van der Waals surface area contributed by atoms with E-state index in [0.29, 0.717) is 18.2 Å². The van der Waals surface area contributed by atoms with Gasteiger partial charge in [-0.2, -0.15) is 0 Å². The fraction of sp³-hybridized carbons (Fsp3) is 0.786. The molecule has 102 valence electrons. The number of amides is 1. The highest BCUT2D eigenvalue weighted by Gasteiger charge is 2.44. The Kier molecular flexibility index (Phi) is 4.15. The van der Waals surface area contributed by atoms with E-state index in [9.17, 15) is 4.79 Å². The minimum Gasteiger partial charge on any atom is -0.403 e. The first kappa shape index (κ1) is 13.2. The number of nitrogens with two attached hydrogens (primary N) is 1. The summed E-state index contributed by atoms with van der Waals surface area (Å²) in [6.07, 6.45) is 6.72. The molecule has 4 heteroatoms. The molecule has 0 aliphatic heterocycles. The minimum absolute atomic E-state index is 0.0712. The molecule has 18 heavy (non-hydrogen) atoms. The molecule has 2 aliphatic carbocycles. The zero-order valence-electron chi connectivity index (χ0n) is 11.4. The lowest BCUT2D eigenvalue weighted by Crippen LogP contribution is -2.43. The van der Waals surface area contributed by atoms with E-state index in [1.54, 1.807) is 0 Å². The number of hydrogen-bond acceptors (Lipinski definition) is 3. The van der Waals surface area contributed by atoms with E-state index in [0.717, 1.165) is 11.8 Å². The van der Waals surface area contributed by atoms with E-state index in [1.165, 1.54) is 31.9 Å². The molecule has 0 saturated heterocycles. The molecule has 0 spiro atoms. The van der Waals surface area contributed by atoms with Crippen molar-refractivity contribution >= 4 is 5.91 Å². The van der Waals surface area contributed by atoms with E-state index >= 15 is 0 Å². The Balaban J connectivity index is 1.88. The average Bonchev–Trinajstić information content (AvgIpc) is 3.19. The molecular formula is C14H25N3O.